The van der Waals surface area contributed by atoms with Crippen LogP contribution in [0.4, 0.5) is 0 Å². The van der Waals surface area contributed by atoms with Crippen LogP contribution in [0.1, 0.15) is 57.4 Å². The number of carboxylic acid groups (broad SMARTS) is 3. The summed E-state index contributed by atoms with van der Waals surface area (Å²) in [5.41, 5.74) is 12.0. The highest BCUT2D eigenvalue weighted by Gasteiger charge is 2.31. The molecule has 1 aromatic carbocycles. The van der Waals surface area contributed by atoms with Gasteiger partial charge in [0.2, 0.25) is 23.6 Å². The molecule has 17 nitrogen and oxygen atoms in total. The van der Waals surface area contributed by atoms with Crippen molar-refractivity contribution in [2.24, 2.45) is 11.5 Å². The van der Waals surface area contributed by atoms with Gasteiger partial charge in [0, 0.05) is 12.8 Å². The number of amides is 4. The van der Waals surface area contributed by atoms with Crippen LogP contribution >= 0.6 is 0 Å². The van der Waals surface area contributed by atoms with Crippen LogP contribution in [-0.4, -0.2) is 98.7 Å². The Hall–Kier alpha value is -4.77. The number of nitrogens with one attached hydrogen (secondary N) is 4. The van der Waals surface area contributed by atoms with Crippen LogP contribution in [0.5, 0.6) is 5.75 Å². The van der Waals surface area contributed by atoms with Crippen LogP contribution in [0.15, 0.2) is 24.3 Å². The highest BCUT2D eigenvalue weighted by molar-refractivity contribution is 5.95. The van der Waals surface area contributed by atoms with E-state index < -0.39 is 97.4 Å². The highest BCUT2D eigenvalue weighted by atomic mass is 16.4. The maximum atomic E-state index is 13.2. The van der Waals surface area contributed by atoms with Gasteiger partial charge in [0.05, 0.1) is 6.04 Å². The van der Waals surface area contributed by atoms with E-state index in [1.54, 1.807) is 12.1 Å². The van der Waals surface area contributed by atoms with Crippen LogP contribution in [0.2, 0.25) is 0 Å². The molecule has 250 valence electrons. The number of carboxylic acids is 3. The fourth-order valence-electron chi connectivity index (χ4n) is 4.03. The molecule has 0 radical (unpaired) electrons. The molecule has 0 bridgehead atoms. The van der Waals surface area contributed by atoms with E-state index in [2.05, 4.69) is 21.3 Å². The fourth-order valence-corrected chi connectivity index (χ4v) is 4.03. The van der Waals surface area contributed by atoms with Gasteiger partial charge in [-0.05, 0) is 69.7 Å². The van der Waals surface area contributed by atoms with Crippen molar-refractivity contribution in [3.05, 3.63) is 29.8 Å². The first-order valence-electron chi connectivity index (χ1n) is 14.3. The summed E-state index contributed by atoms with van der Waals surface area (Å²) in [6.07, 6.45) is -1.05. The minimum absolute atomic E-state index is 0.0252. The first kappa shape index (κ1) is 38.3. The fraction of sp³-hybridized carbons (Fsp3) is 0.536. The molecule has 0 fully saturated rings. The molecule has 45 heavy (non-hydrogen) atoms. The smallest absolute Gasteiger partial charge is 0.326 e. The Morgan fingerprint density at radius 2 is 1.18 bits per heavy atom. The average Bonchev–Trinajstić information content (AvgIpc) is 2.97. The first-order chi connectivity index (χ1) is 21.1. The average molecular weight is 639 g/mol. The largest absolute Gasteiger partial charge is 0.508 e. The van der Waals surface area contributed by atoms with Crippen molar-refractivity contribution in [1.29, 1.82) is 0 Å². The molecule has 1 rings (SSSR count). The predicted molar refractivity (Wildman–Crippen MR) is 157 cm³/mol. The monoisotopic (exact) mass is 638 g/mol. The van der Waals surface area contributed by atoms with Crippen LogP contribution in [0.25, 0.3) is 0 Å². The molecule has 5 unspecified atom stereocenters. The van der Waals surface area contributed by atoms with E-state index in [1.165, 1.54) is 19.1 Å². The summed E-state index contributed by atoms with van der Waals surface area (Å²) in [5.74, 6) is -7.54. The molecule has 5 atom stereocenters. The number of nitrogens with two attached hydrogens (primary N) is 2. The second-order valence-electron chi connectivity index (χ2n) is 10.4. The number of hydrogen-bond acceptors (Lipinski definition) is 10. The van der Waals surface area contributed by atoms with Gasteiger partial charge in [-0.15, -0.1) is 0 Å². The summed E-state index contributed by atoms with van der Waals surface area (Å²) in [4.78, 5) is 85.6. The van der Waals surface area contributed by atoms with Crippen LogP contribution in [0.3, 0.4) is 0 Å². The minimum Gasteiger partial charge on any atom is -0.508 e. The predicted octanol–water partition coefficient (Wildman–Crippen LogP) is -1.84. The van der Waals surface area contributed by atoms with Crippen molar-refractivity contribution in [1.82, 2.24) is 21.3 Å². The standard InChI is InChI=1S/C28H42N6O11/c1-15(31-25(41)18(30)14-16-5-7-17(35)8-6-16)24(40)32-19(9-11-22(36)37)26(42)33-20(10-12-23(38)39)27(43)34-21(28(44)45)4-2-3-13-29/h5-8,15,18-21,35H,2-4,9-14,29-30H2,1H3,(H,31,41)(H,32,40)(H,33,42)(H,34,43)(H,36,37)(H,38,39)(H,44,45). The van der Waals surface area contributed by atoms with Crippen molar-refractivity contribution in [3.63, 3.8) is 0 Å². The zero-order valence-corrected chi connectivity index (χ0v) is 24.9. The SMILES string of the molecule is CC(NC(=O)C(N)Cc1ccc(O)cc1)C(=O)NC(CCC(=O)O)C(=O)NC(CCC(=O)O)C(=O)NC(CCCCN)C(=O)O. The number of unbranched alkanes of at least 4 members (excludes halogenated alkanes) is 1. The summed E-state index contributed by atoms with van der Waals surface area (Å²) in [6, 6.07) is -0.752. The van der Waals surface area contributed by atoms with Gasteiger partial charge in [0.1, 0.15) is 29.9 Å². The summed E-state index contributed by atoms with van der Waals surface area (Å²) in [5, 5.41) is 46.4. The molecule has 0 aromatic heterocycles. The lowest BCUT2D eigenvalue weighted by Crippen LogP contribution is -2.58. The number of benzene rings is 1. The number of aromatic hydroxyl groups is 1. The minimum atomic E-state index is -1.54. The van der Waals surface area contributed by atoms with Gasteiger partial charge in [-0.2, -0.15) is 0 Å². The Morgan fingerprint density at radius 3 is 1.64 bits per heavy atom. The summed E-state index contributed by atoms with van der Waals surface area (Å²) in [6.45, 7) is 1.60. The Morgan fingerprint density at radius 1 is 0.689 bits per heavy atom. The second kappa shape index (κ2) is 19.5. The van der Waals surface area contributed by atoms with E-state index >= 15 is 0 Å². The Bertz CT molecular complexity index is 1190. The van der Waals surface area contributed by atoms with Gasteiger partial charge in [-0.1, -0.05) is 12.1 Å². The molecular weight excluding hydrogens is 596 g/mol. The van der Waals surface area contributed by atoms with E-state index in [-0.39, 0.29) is 18.6 Å². The molecule has 0 saturated heterocycles. The molecule has 0 heterocycles. The topological polar surface area (TPSA) is 301 Å². The lowest BCUT2D eigenvalue weighted by Gasteiger charge is -2.25. The molecule has 17 heteroatoms. The van der Waals surface area contributed by atoms with Crippen molar-refractivity contribution in [2.75, 3.05) is 6.54 Å². The van der Waals surface area contributed by atoms with Gasteiger partial charge >= 0.3 is 17.9 Å². The number of carbonyl (C=O) groups excluding carboxylic acids is 4. The second-order valence-corrected chi connectivity index (χ2v) is 10.4. The van der Waals surface area contributed by atoms with Gasteiger partial charge in [-0.25, -0.2) is 4.79 Å². The quantitative estimate of drug-likeness (QED) is 0.0663. The molecule has 0 saturated carbocycles. The van der Waals surface area contributed by atoms with Gasteiger partial charge < -0.3 is 53.2 Å². The van der Waals surface area contributed by atoms with Crippen molar-refractivity contribution in [2.45, 2.75) is 88.5 Å². The lowest BCUT2D eigenvalue weighted by molar-refractivity contribution is -0.143. The number of aliphatic carboxylic acids is 3. The molecule has 0 aliphatic carbocycles. The number of hydrogen-bond donors (Lipinski definition) is 10. The lowest BCUT2D eigenvalue weighted by atomic mass is 10.0. The Balaban J connectivity index is 2.98. The number of phenols is 1. The number of phenolic OH excluding ortho intramolecular Hbond substituents is 1. The van der Waals surface area contributed by atoms with Gasteiger partial charge in [-0.3, -0.25) is 28.8 Å². The van der Waals surface area contributed by atoms with Crippen molar-refractivity contribution in [3.8, 4) is 5.75 Å². The molecule has 4 amide bonds. The highest BCUT2D eigenvalue weighted by Crippen LogP contribution is 2.11. The third kappa shape index (κ3) is 15.0. The van der Waals surface area contributed by atoms with Gasteiger partial charge in [0.25, 0.3) is 0 Å². The number of rotatable bonds is 21. The molecular formula is C28H42N6O11. The van der Waals surface area contributed by atoms with Crippen LogP contribution in [0, 0.1) is 0 Å². The van der Waals surface area contributed by atoms with Crippen molar-refractivity contribution >= 4 is 41.5 Å². The maximum Gasteiger partial charge on any atom is 0.326 e. The molecule has 12 N–H and O–H groups in total. The summed E-state index contributed by atoms with van der Waals surface area (Å²) in [7, 11) is 0. The van der Waals surface area contributed by atoms with E-state index in [0.717, 1.165) is 0 Å². The molecule has 0 aliphatic heterocycles. The van der Waals surface area contributed by atoms with E-state index in [0.29, 0.717) is 24.9 Å². The third-order valence-corrected chi connectivity index (χ3v) is 6.60. The normalized spacial score (nSPS) is 14.1. The maximum absolute atomic E-state index is 13.2. The number of carbonyl (C=O) groups is 7. The van der Waals surface area contributed by atoms with Crippen LogP contribution < -0.4 is 32.7 Å². The van der Waals surface area contributed by atoms with Crippen molar-refractivity contribution < 1.29 is 54.0 Å². The molecule has 1 aromatic rings. The Kier molecular flexibility index (Phi) is 16.6. The zero-order valence-electron chi connectivity index (χ0n) is 24.9. The summed E-state index contributed by atoms with van der Waals surface area (Å²) >= 11 is 0. The van der Waals surface area contributed by atoms with E-state index in [9.17, 15) is 43.8 Å². The molecule has 0 spiro atoms. The third-order valence-electron chi connectivity index (χ3n) is 6.60. The Labute approximate surface area is 259 Å². The summed E-state index contributed by atoms with van der Waals surface area (Å²) < 4.78 is 0. The molecule has 0 aliphatic rings. The first-order valence-corrected chi connectivity index (χ1v) is 14.3. The van der Waals surface area contributed by atoms with E-state index in [1.807, 2.05) is 0 Å². The van der Waals surface area contributed by atoms with Gasteiger partial charge in [0.15, 0.2) is 0 Å². The zero-order chi connectivity index (χ0) is 34.1. The van der Waals surface area contributed by atoms with Crippen LogP contribution in [-0.2, 0) is 40.0 Å². The van der Waals surface area contributed by atoms with E-state index in [4.69, 9.17) is 21.7 Å².